The monoisotopic (exact) mass is 359 g/mol. The minimum Gasteiger partial charge on any atom is -0.488 e. The smallest absolute Gasteiger partial charge is 0.305 e. The lowest BCUT2D eigenvalue weighted by Crippen LogP contribution is -2.02. The predicted molar refractivity (Wildman–Crippen MR) is 76.5 cm³/mol. The van der Waals surface area contributed by atoms with Gasteiger partial charge in [-0.05, 0) is 34.1 Å². The van der Waals surface area contributed by atoms with E-state index in [2.05, 4.69) is 15.9 Å². The lowest BCUT2D eigenvalue weighted by atomic mass is 10.2. The van der Waals surface area contributed by atoms with Crippen molar-refractivity contribution in [3.05, 3.63) is 67.4 Å². The van der Waals surface area contributed by atoms with E-state index in [-0.39, 0.29) is 12.2 Å². The quantitative estimate of drug-likeness (QED) is 0.585. The molecule has 0 aromatic heterocycles. The zero-order valence-electron chi connectivity index (χ0n) is 9.98. The summed E-state index contributed by atoms with van der Waals surface area (Å²) in [7, 11) is 0. The molecule has 0 heterocycles. The average molecular weight is 361 g/mol. The second kappa shape index (κ2) is 6.19. The number of halogens is 3. The summed E-state index contributed by atoms with van der Waals surface area (Å²) in [5.74, 6) is -0.414. The van der Waals surface area contributed by atoms with Gasteiger partial charge in [-0.1, -0.05) is 23.7 Å². The first kappa shape index (κ1) is 14.7. The molecule has 2 rings (SSSR count). The Hall–Kier alpha value is -1.66. The van der Waals surface area contributed by atoms with Crippen LogP contribution in [0.1, 0.15) is 5.56 Å². The van der Waals surface area contributed by atoms with Crippen molar-refractivity contribution < 1.29 is 14.1 Å². The van der Waals surface area contributed by atoms with Gasteiger partial charge >= 0.3 is 5.69 Å². The van der Waals surface area contributed by atoms with E-state index in [4.69, 9.17) is 16.3 Å². The molecule has 2 aromatic rings. The van der Waals surface area contributed by atoms with Gasteiger partial charge in [0.15, 0.2) is 0 Å². The minimum atomic E-state index is -0.886. The van der Waals surface area contributed by atoms with Gasteiger partial charge in [-0.25, -0.2) is 0 Å². The number of hydrogen-bond donors (Lipinski definition) is 0. The van der Waals surface area contributed by atoms with Crippen molar-refractivity contribution in [1.82, 2.24) is 0 Å². The summed E-state index contributed by atoms with van der Waals surface area (Å²) < 4.78 is 19.9. The molecule has 0 aliphatic carbocycles. The molecule has 0 fully saturated rings. The van der Waals surface area contributed by atoms with Crippen LogP contribution in [-0.4, -0.2) is 4.92 Å². The maximum Gasteiger partial charge on any atom is 0.305 e. The van der Waals surface area contributed by atoms with E-state index in [1.165, 1.54) is 12.1 Å². The van der Waals surface area contributed by atoms with Crippen LogP contribution in [0.5, 0.6) is 5.75 Å². The SMILES string of the molecule is O=[N+]([O-])c1cccc(COc2ccc(Cl)cc2Br)c1F. The molecule has 0 aliphatic rings. The van der Waals surface area contributed by atoms with Gasteiger partial charge in [-0.2, -0.15) is 4.39 Å². The Bertz CT molecular complexity index is 666. The molecule has 0 saturated carbocycles. The maximum absolute atomic E-state index is 13.8. The highest BCUT2D eigenvalue weighted by molar-refractivity contribution is 9.10. The first-order valence-corrected chi connectivity index (χ1v) is 6.66. The molecular formula is C13H8BrClFNO3. The Morgan fingerprint density at radius 1 is 1.35 bits per heavy atom. The third-order valence-electron chi connectivity index (χ3n) is 2.53. The molecule has 0 atom stereocenters. The summed E-state index contributed by atoms with van der Waals surface area (Å²) in [5.41, 5.74) is -0.456. The van der Waals surface area contributed by atoms with Crippen LogP contribution in [0.15, 0.2) is 40.9 Å². The van der Waals surface area contributed by atoms with Gasteiger partial charge in [0, 0.05) is 16.7 Å². The van der Waals surface area contributed by atoms with Crippen LogP contribution in [0.3, 0.4) is 0 Å². The second-order valence-corrected chi connectivity index (χ2v) is 5.16. The molecule has 0 unspecified atom stereocenters. The third kappa shape index (κ3) is 3.26. The summed E-state index contributed by atoms with van der Waals surface area (Å²) >= 11 is 9.06. The van der Waals surface area contributed by atoms with E-state index >= 15 is 0 Å². The van der Waals surface area contributed by atoms with Gasteiger partial charge in [0.2, 0.25) is 5.82 Å². The first-order valence-electron chi connectivity index (χ1n) is 5.48. The molecule has 0 N–H and O–H groups in total. The van der Waals surface area contributed by atoms with Crippen LogP contribution in [0.2, 0.25) is 5.02 Å². The van der Waals surface area contributed by atoms with Crippen molar-refractivity contribution in [1.29, 1.82) is 0 Å². The second-order valence-electron chi connectivity index (χ2n) is 3.87. The Morgan fingerprint density at radius 2 is 2.10 bits per heavy atom. The van der Waals surface area contributed by atoms with Crippen LogP contribution >= 0.6 is 27.5 Å². The zero-order chi connectivity index (χ0) is 14.7. The molecule has 0 amide bonds. The number of benzene rings is 2. The lowest BCUT2D eigenvalue weighted by molar-refractivity contribution is -0.387. The third-order valence-corrected chi connectivity index (χ3v) is 3.39. The van der Waals surface area contributed by atoms with Crippen molar-refractivity contribution in [3.63, 3.8) is 0 Å². The number of rotatable bonds is 4. The normalized spacial score (nSPS) is 10.3. The Balaban J connectivity index is 2.19. The number of nitro benzene ring substituents is 1. The summed E-state index contributed by atoms with van der Waals surface area (Å²) in [6, 6.07) is 8.85. The highest BCUT2D eigenvalue weighted by Crippen LogP contribution is 2.29. The van der Waals surface area contributed by atoms with Crippen molar-refractivity contribution in [3.8, 4) is 5.75 Å². The topological polar surface area (TPSA) is 52.4 Å². The fourth-order valence-electron chi connectivity index (χ4n) is 1.57. The Morgan fingerprint density at radius 3 is 2.75 bits per heavy atom. The van der Waals surface area contributed by atoms with Gasteiger partial charge < -0.3 is 4.74 Å². The largest absolute Gasteiger partial charge is 0.488 e. The standard InChI is InChI=1S/C13H8BrClFNO3/c14-10-6-9(15)4-5-12(10)20-7-8-2-1-3-11(13(8)16)17(18)19/h1-6H,7H2. The molecule has 0 spiro atoms. The minimum absolute atomic E-state index is 0.112. The van der Waals surface area contributed by atoms with Gasteiger partial charge in [0.25, 0.3) is 0 Å². The number of ether oxygens (including phenoxy) is 1. The highest BCUT2D eigenvalue weighted by atomic mass is 79.9. The van der Waals surface area contributed by atoms with Gasteiger partial charge in [0.1, 0.15) is 12.4 Å². The molecule has 0 saturated heterocycles. The van der Waals surface area contributed by atoms with Crippen molar-refractivity contribution in [2.45, 2.75) is 6.61 Å². The summed E-state index contributed by atoms with van der Waals surface area (Å²) in [4.78, 5) is 9.88. The van der Waals surface area contributed by atoms with Gasteiger partial charge in [-0.3, -0.25) is 10.1 Å². The molecular weight excluding hydrogens is 353 g/mol. The first-order chi connectivity index (χ1) is 9.49. The Labute approximate surface area is 127 Å². The van der Waals surface area contributed by atoms with E-state index in [0.29, 0.717) is 15.2 Å². The predicted octanol–water partition coefficient (Wildman–Crippen LogP) is 4.73. The fourth-order valence-corrected chi connectivity index (χ4v) is 2.36. The van der Waals surface area contributed by atoms with Crippen molar-refractivity contribution in [2.75, 3.05) is 0 Å². The molecule has 7 heteroatoms. The van der Waals surface area contributed by atoms with Crippen LogP contribution in [0, 0.1) is 15.9 Å². The number of nitrogens with zero attached hydrogens (tertiary/aromatic N) is 1. The van der Waals surface area contributed by atoms with Gasteiger partial charge in [0.05, 0.1) is 9.40 Å². The van der Waals surface area contributed by atoms with E-state index in [0.717, 1.165) is 6.07 Å². The van der Waals surface area contributed by atoms with E-state index in [1.54, 1.807) is 18.2 Å². The van der Waals surface area contributed by atoms with E-state index in [9.17, 15) is 14.5 Å². The number of nitro groups is 1. The molecule has 4 nitrogen and oxygen atoms in total. The van der Waals surface area contributed by atoms with Crippen molar-refractivity contribution >= 4 is 33.2 Å². The summed E-state index contributed by atoms with van der Waals surface area (Å²) in [5, 5.41) is 11.2. The van der Waals surface area contributed by atoms with E-state index in [1.807, 2.05) is 0 Å². The zero-order valence-corrected chi connectivity index (χ0v) is 12.3. The van der Waals surface area contributed by atoms with Crippen LogP contribution in [-0.2, 0) is 6.61 Å². The van der Waals surface area contributed by atoms with Gasteiger partial charge in [-0.15, -0.1) is 0 Å². The molecule has 20 heavy (non-hydrogen) atoms. The molecule has 0 aliphatic heterocycles. The van der Waals surface area contributed by atoms with E-state index < -0.39 is 16.4 Å². The molecule has 2 aromatic carbocycles. The molecule has 0 bridgehead atoms. The molecule has 104 valence electrons. The number of hydrogen-bond acceptors (Lipinski definition) is 3. The van der Waals surface area contributed by atoms with Crippen molar-refractivity contribution in [2.24, 2.45) is 0 Å². The lowest BCUT2D eigenvalue weighted by Gasteiger charge is -2.09. The Kier molecular flexibility index (Phi) is 4.57. The summed E-state index contributed by atoms with van der Waals surface area (Å²) in [6.07, 6.45) is 0. The highest BCUT2D eigenvalue weighted by Gasteiger charge is 2.17. The molecule has 0 radical (unpaired) electrons. The van der Waals surface area contributed by atoms with Crippen LogP contribution in [0.4, 0.5) is 10.1 Å². The fraction of sp³-hybridized carbons (Fsp3) is 0.0769. The maximum atomic E-state index is 13.8. The van der Waals surface area contributed by atoms with Crippen LogP contribution < -0.4 is 4.74 Å². The summed E-state index contributed by atoms with van der Waals surface area (Å²) in [6.45, 7) is -0.117. The average Bonchev–Trinajstić information content (AvgIpc) is 2.39. The van der Waals surface area contributed by atoms with Crippen LogP contribution in [0.25, 0.3) is 0 Å².